The smallest absolute Gasteiger partial charge is 0.257 e. The molecule has 0 bridgehead atoms. The molecule has 2 aromatic rings. The van der Waals surface area contributed by atoms with Gasteiger partial charge < -0.3 is 10.3 Å². The van der Waals surface area contributed by atoms with Crippen LogP contribution in [0.5, 0.6) is 0 Å². The van der Waals surface area contributed by atoms with Gasteiger partial charge in [0, 0.05) is 11.8 Å². The summed E-state index contributed by atoms with van der Waals surface area (Å²) in [6.07, 6.45) is 3.96. The lowest BCUT2D eigenvalue weighted by atomic mass is 9.77. The highest BCUT2D eigenvalue weighted by molar-refractivity contribution is 7.90. The Hall–Kier alpha value is -1.44. The van der Waals surface area contributed by atoms with Crippen LogP contribution in [0.1, 0.15) is 25.1 Å². The quantitative estimate of drug-likeness (QED) is 0.923. The van der Waals surface area contributed by atoms with Crippen molar-refractivity contribution in [1.82, 2.24) is 10.1 Å². The van der Waals surface area contributed by atoms with Gasteiger partial charge in [0.15, 0.2) is 15.7 Å². The number of hydrogen-bond acceptors (Lipinski definition) is 6. The highest BCUT2D eigenvalue weighted by Crippen LogP contribution is 2.37. The van der Waals surface area contributed by atoms with Crippen molar-refractivity contribution >= 4 is 22.2 Å². The predicted octanol–water partition coefficient (Wildman–Crippen LogP) is 1.90. The topological polar surface area (TPSA) is 99.1 Å². The van der Waals surface area contributed by atoms with Crippen LogP contribution in [-0.2, 0) is 15.4 Å². The molecule has 114 valence electrons. The molecule has 1 aromatic carbocycles. The average Bonchev–Trinajstić information content (AvgIpc) is 2.85. The fourth-order valence-corrected chi connectivity index (χ4v) is 2.80. The van der Waals surface area contributed by atoms with Gasteiger partial charge in [0.2, 0.25) is 0 Å². The minimum atomic E-state index is -3.20. The SMILES string of the molecule is CS(=O)(=O)c1ccc(-c2nc(C3(N)CCC3)no2)cc1.Cl. The number of sulfone groups is 1. The van der Waals surface area contributed by atoms with Gasteiger partial charge in [-0.2, -0.15) is 4.98 Å². The van der Waals surface area contributed by atoms with Crippen molar-refractivity contribution in [3.63, 3.8) is 0 Å². The van der Waals surface area contributed by atoms with Crippen LogP contribution in [0.2, 0.25) is 0 Å². The van der Waals surface area contributed by atoms with Crippen LogP contribution >= 0.6 is 12.4 Å². The molecule has 1 fully saturated rings. The monoisotopic (exact) mass is 329 g/mol. The highest BCUT2D eigenvalue weighted by atomic mass is 35.5. The summed E-state index contributed by atoms with van der Waals surface area (Å²) < 4.78 is 28.0. The number of nitrogens with zero attached hydrogens (tertiary/aromatic N) is 2. The van der Waals surface area contributed by atoms with E-state index in [2.05, 4.69) is 10.1 Å². The van der Waals surface area contributed by atoms with Crippen LogP contribution in [0.4, 0.5) is 0 Å². The molecule has 21 heavy (non-hydrogen) atoms. The molecule has 0 amide bonds. The molecule has 1 saturated carbocycles. The summed E-state index contributed by atoms with van der Waals surface area (Å²) in [4.78, 5) is 4.57. The van der Waals surface area contributed by atoms with E-state index in [9.17, 15) is 8.42 Å². The third-order valence-electron chi connectivity index (χ3n) is 3.65. The van der Waals surface area contributed by atoms with Gasteiger partial charge >= 0.3 is 0 Å². The Morgan fingerprint density at radius 2 is 1.86 bits per heavy atom. The molecule has 0 spiro atoms. The second-order valence-corrected chi connectivity index (χ2v) is 7.25. The molecule has 0 unspecified atom stereocenters. The second-order valence-electron chi connectivity index (χ2n) is 5.23. The first kappa shape index (κ1) is 15.9. The molecular weight excluding hydrogens is 314 g/mol. The van der Waals surface area contributed by atoms with Crippen LogP contribution in [0, 0.1) is 0 Å². The van der Waals surface area contributed by atoms with Crippen molar-refractivity contribution in [2.24, 2.45) is 5.73 Å². The Balaban J connectivity index is 0.00000161. The van der Waals surface area contributed by atoms with E-state index >= 15 is 0 Å². The van der Waals surface area contributed by atoms with E-state index in [1.165, 1.54) is 18.4 Å². The lowest BCUT2D eigenvalue weighted by Crippen LogP contribution is -2.44. The summed E-state index contributed by atoms with van der Waals surface area (Å²) in [5.41, 5.74) is 6.35. The normalized spacial score (nSPS) is 16.9. The summed E-state index contributed by atoms with van der Waals surface area (Å²) in [6, 6.07) is 6.35. The van der Waals surface area contributed by atoms with E-state index in [-0.39, 0.29) is 17.3 Å². The summed E-state index contributed by atoms with van der Waals surface area (Å²) in [7, 11) is -3.20. The molecule has 6 nitrogen and oxygen atoms in total. The van der Waals surface area contributed by atoms with Crippen molar-refractivity contribution < 1.29 is 12.9 Å². The van der Waals surface area contributed by atoms with Crippen LogP contribution in [-0.4, -0.2) is 24.8 Å². The lowest BCUT2D eigenvalue weighted by Gasteiger charge is -2.34. The van der Waals surface area contributed by atoms with Gasteiger partial charge in [-0.15, -0.1) is 12.4 Å². The molecule has 1 aromatic heterocycles. The molecule has 0 radical (unpaired) electrons. The Labute approximate surface area is 129 Å². The fraction of sp³-hybridized carbons (Fsp3) is 0.385. The number of nitrogens with two attached hydrogens (primary N) is 1. The molecule has 0 atom stereocenters. The van der Waals surface area contributed by atoms with Crippen molar-refractivity contribution in [2.45, 2.75) is 29.7 Å². The largest absolute Gasteiger partial charge is 0.334 e. The van der Waals surface area contributed by atoms with E-state index in [1.807, 2.05) is 0 Å². The summed E-state index contributed by atoms with van der Waals surface area (Å²) in [5.74, 6) is 0.878. The Morgan fingerprint density at radius 3 is 2.33 bits per heavy atom. The maximum absolute atomic E-state index is 11.4. The van der Waals surface area contributed by atoms with Gasteiger partial charge in [0.05, 0.1) is 10.4 Å². The zero-order chi connectivity index (χ0) is 14.4. The number of aromatic nitrogens is 2. The van der Waals surface area contributed by atoms with Crippen molar-refractivity contribution in [3.8, 4) is 11.5 Å². The Morgan fingerprint density at radius 1 is 1.24 bits per heavy atom. The second kappa shape index (κ2) is 5.40. The third kappa shape index (κ3) is 2.95. The molecule has 1 heterocycles. The zero-order valence-corrected chi connectivity index (χ0v) is 13.1. The maximum atomic E-state index is 11.4. The lowest BCUT2D eigenvalue weighted by molar-refractivity contribution is 0.229. The van der Waals surface area contributed by atoms with Crippen LogP contribution in [0.25, 0.3) is 11.5 Å². The molecule has 1 aliphatic carbocycles. The predicted molar refractivity (Wildman–Crippen MR) is 79.8 cm³/mol. The minimum absolute atomic E-state index is 0. The van der Waals surface area contributed by atoms with Gasteiger partial charge in [-0.1, -0.05) is 5.16 Å². The number of benzene rings is 1. The van der Waals surface area contributed by atoms with E-state index in [0.29, 0.717) is 17.3 Å². The van der Waals surface area contributed by atoms with Gasteiger partial charge in [0.25, 0.3) is 5.89 Å². The molecule has 3 rings (SSSR count). The summed E-state index contributed by atoms with van der Waals surface area (Å²) in [5, 5.41) is 3.93. The third-order valence-corrected chi connectivity index (χ3v) is 4.78. The molecular formula is C13H16ClN3O3S. The number of rotatable bonds is 3. The van der Waals surface area contributed by atoms with Gasteiger partial charge in [-0.25, -0.2) is 8.42 Å². The van der Waals surface area contributed by atoms with E-state index < -0.39 is 15.4 Å². The van der Waals surface area contributed by atoms with Crippen molar-refractivity contribution in [2.75, 3.05) is 6.26 Å². The highest BCUT2D eigenvalue weighted by Gasteiger charge is 2.39. The summed E-state index contributed by atoms with van der Waals surface area (Å²) >= 11 is 0. The first-order valence-electron chi connectivity index (χ1n) is 6.32. The Kier molecular flexibility index (Phi) is 4.10. The molecule has 1 aliphatic rings. The Bertz CT molecular complexity index is 736. The number of hydrogen-bond donors (Lipinski definition) is 1. The number of halogens is 1. The first-order valence-corrected chi connectivity index (χ1v) is 8.21. The van der Waals surface area contributed by atoms with E-state index in [4.69, 9.17) is 10.3 Å². The van der Waals surface area contributed by atoms with Gasteiger partial charge in [-0.3, -0.25) is 0 Å². The van der Waals surface area contributed by atoms with Crippen molar-refractivity contribution in [3.05, 3.63) is 30.1 Å². The first-order chi connectivity index (χ1) is 9.38. The molecule has 8 heteroatoms. The van der Waals surface area contributed by atoms with Crippen molar-refractivity contribution in [1.29, 1.82) is 0 Å². The van der Waals surface area contributed by atoms with Crippen LogP contribution in [0.3, 0.4) is 0 Å². The molecule has 2 N–H and O–H groups in total. The minimum Gasteiger partial charge on any atom is -0.334 e. The van der Waals surface area contributed by atoms with Crippen LogP contribution < -0.4 is 5.73 Å². The molecule has 0 saturated heterocycles. The molecule has 0 aliphatic heterocycles. The van der Waals surface area contributed by atoms with E-state index in [1.54, 1.807) is 12.1 Å². The zero-order valence-electron chi connectivity index (χ0n) is 11.4. The van der Waals surface area contributed by atoms with Crippen LogP contribution in [0.15, 0.2) is 33.7 Å². The fourth-order valence-electron chi connectivity index (χ4n) is 2.17. The standard InChI is InChI=1S/C13H15N3O3S.ClH/c1-20(17,18)10-5-3-9(4-6-10)11-15-12(16-19-11)13(14)7-2-8-13;/h3-6H,2,7-8,14H2,1H3;1H. The maximum Gasteiger partial charge on any atom is 0.257 e. The van der Waals surface area contributed by atoms with E-state index in [0.717, 1.165) is 19.3 Å². The van der Waals surface area contributed by atoms with Gasteiger partial charge in [0.1, 0.15) is 0 Å². The average molecular weight is 330 g/mol. The summed E-state index contributed by atoms with van der Waals surface area (Å²) in [6.45, 7) is 0. The van der Waals surface area contributed by atoms with Gasteiger partial charge in [-0.05, 0) is 43.5 Å².